The van der Waals surface area contributed by atoms with Crippen LogP contribution in [0.25, 0.3) is 10.9 Å². The number of esters is 2. The lowest BCUT2D eigenvalue weighted by Gasteiger charge is -2.11. The molecule has 25 heavy (non-hydrogen) atoms. The molecular formula is C18H18N2O5. The molecule has 0 saturated carbocycles. The summed E-state index contributed by atoms with van der Waals surface area (Å²) in [6.45, 7) is 0.948. The molecule has 1 fully saturated rings. The van der Waals surface area contributed by atoms with Gasteiger partial charge < -0.3 is 9.47 Å². The second kappa shape index (κ2) is 6.31. The zero-order valence-corrected chi connectivity index (χ0v) is 13.7. The third kappa shape index (κ3) is 2.90. The van der Waals surface area contributed by atoms with Gasteiger partial charge in [0.05, 0.1) is 23.1 Å². The molecule has 0 aliphatic carbocycles. The Morgan fingerprint density at radius 1 is 1.24 bits per heavy atom. The van der Waals surface area contributed by atoms with Gasteiger partial charge in [0.15, 0.2) is 0 Å². The van der Waals surface area contributed by atoms with E-state index in [1.165, 1.54) is 6.07 Å². The number of fused-ring (bicyclic) bond motifs is 2. The van der Waals surface area contributed by atoms with Crippen LogP contribution >= 0.6 is 0 Å². The largest absolute Gasteiger partial charge is 0.463 e. The molecule has 2 aliphatic heterocycles. The molecule has 1 saturated heterocycles. The number of carbonyl (C=O) groups is 2. The summed E-state index contributed by atoms with van der Waals surface area (Å²) in [5.74, 6) is -0.363. The van der Waals surface area contributed by atoms with Crippen LogP contribution in [-0.2, 0) is 27.2 Å². The standard InChI is InChI=1S/C18H18N2O5/c21-16-12-6-5-11(17(22)25-14-7-9-24-18(14)23)10-13(12)19-15-4-2-1-3-8-20(15)16/h5-6,10,14H,1-4,7-9H2/t14-/m1/s1. The molecule has 1 aromatic carbocycles. The fourth-order valence-electron chi connectivity index (χ4n) is 3.33. The third-order valence-electron chi connectivity index (χ3n) is 4.69. The van der Waals surface area contributed by atoms with Crippen LogP contribution < -0.4 is 5.56 Å². The van der Waals surface area contributed by atoms with Gasteiger partial charge in [0, 0.05) is 19.4 Å². The van der Waals surface area contributed by atoms with Crippen molar-refractivity contribution in [2.75, 3.05) is 6.61 Å². The second-order valence-electron chi connectivity index (χ2n) is 6.38. The number of hydrogen-bond donors (Lipinski definition) is 0. The molecule has 4 rings (SSSR count). The molecular weight excluding hydrogens is 324 g/mol. The molecule has 1 aromatic heterocycles. The number of aryl methyl sites for hydroxylation is 1. The van der Waals surface area contributed by atoms with Crippen LogP contribution in [0.2, 0.25) is 0 Å². The molecule has 0 spiro atoms. The molecule has 2 aliphatic rings. The van der Waals surface area contributed by atoms with E-state index in [2.05, 4.69) is 4.98 Å². The van der Waals surface area contributed by atoms with Crippen molar-refractivity contribution in [1.82, 2.24) is 9.55 Å². The molecule has 7 nitrogen and oxygen atoms in total. The van der Waals surface area contributed by atoms with Gasteiger partial charge in [-0.2, -0.15) is 0 Å². The quantitative estimate of drug-likeness (QED) is 0.770. The predicted octanol–water partition coefficient (Wildman–Crippen LogP) is 1.60. The zero-order valence-electron chi connectivity index (χ0n) is 13.7. The number of cyclic esters (lactones) is 1. The Morgan fingerprint density at radius 2 is 2.12 bits per heavy atom. The van der Waals surface area contributed by atoms with E-state index >= 15 is 0 Å². The highest BCUT2D eigenvalue weighted by molar-refractivity contribution is 5.95. The fraction of sp³-hybridized carbons (Fsp3) is 0.444. The molecule has 130 valence electrons. The van der Waals surface area contributed by atoms with Gasteiger partial charge in [-0.3, -0.25) is 9.36 Å². The minimum Gasteiger partial charge on any atom is -0.463 e. The van der Waals surface area contributed by atoms with Crippen LogP contribution in [0, 0.1) is 0 Å². The van der Waals surface area contributed by atoms with Crippen molar-refractivity contribution in [3.8, 4) is 0 Å². The number of carbonyl (C=O) groups excluding carboxylic acids is 2. The number of ether oxygens (including phenoxy) is 2. The minimum atomic E-state index is -0.853. The van der Waals surface area contributed by atoms with Crippen molar-refractivity contribution < 1.29 is 19.1 Å². The van der Waals surface area contributed by atoms with Crippen molar-refractivity contribution in [2.45, 2.75) is 44.8 Å². The molecule has 0 N–H and O–H groups in total. The second-order valence-corrected chi connectivity index (χ2v) is 6.38. The lowest BCUT2D eigenvalue weighted by molar-refractivity contribution is -0.145. The minimum absolute atomic E-state index is 0.0683. The predicted molar refractivity (Wildman–Crippen MR) is 88.3 cm³/mol. The summed E-state index contributed by atoms with van der Waals surface area (Å²) >= 11 is 0. The van der Waals surface area contributed by atoms with Crippen molar-refractivity contribution in [3.63, 3.8) is 0 Å². The molecule has 0 amide bonds. The lowest BCUT2D eigenvalue weighted by Crippen LogP contribution is -2.25. The summed E-state index contributed by atoms with van der Waals surface area (Å²) in [5.41, 5.74) is 0.695. The van der Waals surface area contributed by atoms with Crippen LogP contribution in [0.5, 0.6) is 0 Å². The van der Waals surface area contributed by atoms with Crippen LogP contribution in [0.1, 0.15) is 41.9 Å². The van der Waals surface area contributed by atoms with E-state index in [1.807, 2.05) is 0 Å². The first-order valence-electron chi connectivity index (χ1n) is 8.54. The van der Waals surface area contributed by atoms with Crippen LogP contribution in [0.3, 0.4) is 0 Å². The summed E-state index contributed by atoms with van der Waals surface area (Å²) in [6.07, 6.45) is 3.33. The van der Waals surface area contributed by atoms with E-state index in [-0.39, 0.29) is 17.7 Å². The zero-order chi connectivity index (χ0) is 17.4. The number of aromatic nitrogens is 2. The molecule has 2 aromatic rings. The third-order valence-corrected chi connectivity index (χ3v) is 4.69. The maximum atomic E-state index is 12.7. The number of benzene rings is 1. The van der Waals surface area contributed by atoms with E-state index in [4.69, 9.17) is 9.47 Å². The van der Waals surface area contributed by atoms with Gasteiger partial charge in [0.1, 0.15) is 5.82 Å². The van der Waals surface area contributed by atoms with Gasteiger partial charge in [-0.15, -0.1) is 0 Å². The van der Waals surface area contributed by atoms with Crippen molar-refractivity contribution in [2.24, 2.45) is 0 Å². The van der Waals surface area contributed by atoms with Gasteiger partial charge in [-0.1, -0.05) is 6.42 Å². The Hall–Kier alpha value is -2.70. The highest BCUT2D eigenvalue weighted by Crippen LogP contribution is 2.18. The van der Waals surface area contributed by atoms with E-state index in [0.717, 1.165) is 31.5 Å². The molecule has 1 atom stereocenters. The highest BCUT2D eigenvalue weighted by atomic mass is 16.6. The molecule has 0 bridgehead atoms. The van der Waals surface area contributed by atoms with E-state index in [9.17, 15) is 14.4 Å². The van der Waals surface area contributed by atoms with Crippen LogP contribution in [0.15, 0.2) is 23.0 Å². The van der Waals surface area contributed by atoms with Gasteiger partial charge in [-0.05, 0) is 31.0 Å². The number of nitrogens with zero attached hydrogens (tertiary/aromatic N) is 2. The van der Waals surface area contributed by atoms with Crippen LogP contribution in [-0.4, -0.2) is 34.2 Å². The average Bonchev–Trinajstić information content (AvgIpc) is 2.86. The summed E-state index contributed by atoms with van der Waals surface area (Å²) < 4.78 is 11.7. The first kappa shape index (κ1) is 15.8. The average molecular weight is 342 g/mol. The highest BCUT2D eigenvalue weighted by Gasteiger charge is 2.30. The molecule has 7 heteroatoms. The normalized spacial score (nSPS) is 20.0. The summed E-state index contributed by atoms with van der Waals surface area (Å²) in [4.78, 5) is 41.0. The molecule has 3 heterocycles. The number of rotatable bonds is 2. The first-order chi connectivity index (χ1) is 12.1. The molecule has 0 radical (unpaired) electrons. The Labute approximate surface area is 143 Å². The number of hydrogen-bond acceptors (Lipinski definition) is 6. The van der Waals surface area contributed by atoms with E-state index < -0.39 is 18.0 Å². The lowest BCUT2D eigenvalue weighted by atomic mass is 10.1. The van der Waals surface area contributed by atoms with E-state index in [1.54, 1.807) is 16.7 Å². The van der Waals surface area contributed by atoms with Gasteiger partial charge in [-0.25, -0.2) is 14.6 Å². The molecule has 0 unspecified atom stereocenters. The maximum absolute atomic E-state index is 12.7. The van der Waals surface area contributed by atoms with Gasteiger partial charge in [0.2, 0.25) is 6.10 Å². The van der Waals surface area contributed by atoms with Crippen molar-refractivity contribution in [1.29, 1.82) is 0 Å². The Kier molecular flexibility index (Phi) is 3.99. The Bertz CT molecular complexity index is 918. The van der Waals surface area contributed by atoms with Crippen molar-refractivity contribution >= 4 is 22.8 Å². The van der Waals surface area contributed by atoms with Crippen molar-refractivity contribution in [3.05, 3.63) is 39.9 Å². The Balaban J connectivity index is 1.69. The summed E-state index contributed by atoms with van der Waals surface area (Å²) in [7, 11) is 0. The maximum Gasteiger partial charge on any atom is 0.347 e. The first-order valence-corrected chi connectivity index (χ1v) is 8.54. The monoisotopic (exact) mass is 342 g/mol. The van der Waals surface area contributed by atoms with E-state index in [0.29, 0.717) is 23.9 Å². The smallest absolute Gasteiger partial charge is 0.347 e. The Morgan fingerprint density at radius 3 is 2.92 bits per heavy atom. The summed E-state index contributed by atoms with van der Waals surface area (Å²) in [6, 6.07) is 4.70. The van der Waals surface area contributed by atoms with Crippen LogP contribution in [0.4, 0.5) is 0 Å². The van der Waals surface area contributed by atoms with Gasteiger partial charge in [0.25, 0.3) is 5.56 Å². The SMILES string of the molecule is O=C(O[C@@H]1CCOC1=O)c1ccc2c(=O)n3c(nc2c1)CCCCC3. The fourth-order valence-corrected chi connectivity index (χ4v) is 3.33. The topological polar surface area (TPSA) is 87.5 Å². The summed E-state index contributed by atoms with van der Waals surface area (Å²) in [5, 5.41) is 0.488. The van der Waals surface area contributed by atoms with Gasteiger partial charge >= 0.3 is 11.9 Å².